The van der Waals surface area contributed by atoms with E-state index in [-0.39, 0.29) is 30.2 Å². The molecular formula is C24H26ClN5O2. The zero-order chi connectivity index (χ0) is 22.1. The second-order valence-electron chi connectivity index (χ2n) is 8.69. The molecule has 1 aromatic carbocycles. The van der Waals surface area contributed by atoms with Gasteiger partial charge in [-0.3, -0.25) is 14.6 Å². The summed E-state index contributed by atoms with van der Waals surface area (Å²) in [7, 11) is 0. The molecule has 0 spiro atoms. The summed E-state index contributed by atoms with van der Waals surface area (Å²) in [5.41, 5.74) is 2.68. The van der Waals surface area contributed by atoms with E-state index in [1.165, 1.54) is 0 Å². The van der Waals surface area contributed by atoms with Crippen LogP contribution in [0.5, 0.6) is 0 Å². The van der Waals surface area contributed by atoms with Gasteiger partial charge in [0.1, 0.15) is 11.9 Å². The Bertz CT molecular complexity index is 1110. The highest BCUT2D eigenvalue weighted by atomic mass is 35.5. The fourth-order valence-electron chi connectivity index (χ4n) is 4.93. The van der Waals surface area contributed by atoms with Gasteiger partial charge >= 0.3 is 0 Å². The average Bonchev–Trinajstić information content (AvgIpc) is 3.46. The molecule has 0 bridgehead atoms. The number of pyridine rings is 1. The minimum Gasteiger partial charge on any atom is -0.340 e. The zero-order valence-corrected chi connectivity index (χ0v) is 18.6. The molecule has 2 atom stereocenters. The molecule has 0 radical (unpaired) electrons. The lowest BCUT2D eigenvalue weighted by Crippen LogP contribution is -2.50. The second kappa shape index (κ2) is 8.90. The van der Waals surface area contributed by atoms with Gasteiger partial charge in [-0.15, -0.1) is 0 Å². The van der Waals surface area contributed by atoms with Crippen LogP contribution in [0.25, 0.3) is 11.0 Å². The van der Waals surface area contributed by atoms with E-state index in [1.54, 1.807) is 23.4 Å². The lowest BCUT2D eigenvalue weighted by Gasteiger charge is -2.35. The van der Waals surface area contributed by atoms with Gasteiger partial charge in [0, 0.05) is 36.8 Å². The number of nitrogens with zero attached hydrogens (tertiary/aromatic N) is 4. The third-order valence-electron chi connectivity index (χ3n) is 6.52. The Morgan fingerprint density at radius 2 is 2.03 bits per heavy atom. The maximum atomic E-state index is 13.4. The number of piperidine rings is 1. The number of halogens is 1. The van der Waals surface area contributed by atoms with Crippen LogP contribution in [-0.2, 0) is 16.0 Å². The van der Waals surface area contributed by atoms with Crippen LogP contribution in [0.4, 0.5) is 0 Å². The normalized spacial score (nSPS) is 21.3. The SMILES string of the molecule is O=C([C@H]1CCCN1C(=O)Cc1cccc(Cl)c1)N1CCCC(c2nc3ccncc3[nH]2)C1. The summed E-state index contributed by atoms with van der Waals surface area (Å²) in [6.45, 7) is 1.98. The summed E-state index contributed by atoms with van der Waals surface area (Å²) in [5, 5.41) is 0.616. The number of hydrogen-bond donors (Lipinski definition) is 1. The molecule has 2 amide bonds. The number of carbonyl (C=O) groups excluding carboxylic acids is 2. The van der Waals surface area contributed by atoms with E-state index in [2.05, 4.69) is 9.97 Å². The van der Waals surface area contributed by atoms with Gasteiger partial charge in [-0.2, -0.15) is 0 Å². The summed E-state index contributed by atoms with van der Waals surface area (Å²) < 4.78 is 0. The molecule has 2 fully saturated rings. The van der Waals surface area contributed by atoms with Gasteiger partial charge in [0.15, 0.2) is 0 Å². The van der Waals surface area contributed by atoms with Gasteiger partial charge < -0.3 is 14.8 Å². The van der Waals surface area contributed by atoms with Crippen LogP contribution in [0.15, 0.2) is 42.7 Å². The van der Waals surface area contributed by atoms with Gasteiger partial charge in [0.2, 0.25) is 11.8 Å². The van der Waals surface area contributed by atoms with Gasteiger partial charge in [-0.25, -0.2) is 4.98 Å². The van der Waals surface area contributed by atoms with Crippen molar-refractivity contribution in [3.8, 4) is 0 Å². The molecule has 2 aliphatic heterocycles. The quantitative estimate of drug-likeness (QED) is 0.657. The molecule has 0 aliphatic carbocycles. The van der Waals surface area contributed by atoms with E-state index in [0.29, 0.717) is 18.1 Å². The molecule has 7 nitrogen and oxygen atoms in total. The van der Waals surface area contributed by atoms with E-state index >= 15 is 0 Å². The van der Waals surface area contributed by atoms with Crippen molar-refractivity contribution in [1.29, 1.82) is 0 Å². The number of amides is 2. The first kappa shape index (κ1) is 20.9. The van der Waals surface area contributed by atoms with E-state index in [9.17, 15) is 9.59 Å². The smallest absolute Gasteiger partial charge is 0.245 e. The number of carbonyl (C=O) groups is 2. The topological polar surface area (TPSA) is 82.2 Å². The zero-order valence-electron chi connectivity index (χ0n) is 17.8. The maximum absolute atomic E-state index is 13.4. The largest absolute Gasteiger partial charge is 0.340 e. The number of nitrogens with one attached hydrogen (secondary N) is 1. The third kappa shape index (κ3) is 4.21. The molecule has 2 aliphatic rings. The number of H-pyrrole nitrogens is 1. The van der Waals surface area contributed by atoms with Crippen molar-refractivity contribution >= 4 is 34.4 Å². The second-order valence-corrected chi connectivity index (χ2v) is 9.13. The van der Waals surface area contributed by atoms with Crippen LogP contribution in [0.3, 0.4) is 0 Å². The summed E-state index contributed by atoms with van der Waals surface area (Å²) in [5.74, 6) is 1.12. The number of likely N-dealkylation sites (tertiary alicyclic amines) is 2. The first-order valence-corrected chi connectivity index (χ1v) is 11.6. The maximum Gasteiger partial charge on any atom is 0.245 e. The highest BCUT2D eigenvalue weighted by Gasteiger charge is 2.38. The number of benzene rings is 1. The molecule has 3 aromatic rings. The molecule has 0 saturated carbocycles. The van der Waals surface area contributed by atoms with Crippen molar-refractivity contribution in [1.82, 2.24) is 24.8 Å². The molecule has 1 unspecified atom stereocenters. The van der Waals surface area contributed by atoms with Crippen molar-refractivity contribution in [2.24, 2.45) is 0 Å². The molecule has 166 valence electrons. The summed E-state index contributed by atoms with van der Waals surface area (Å²) >= 11 is 6.06. The molecule has 4 heterocycles. The standard InChI is InChI=1S/C24H26ClN5O2/c25-18-6-1-4-16(12-18)13-22(31)30-11-3-7-21(30)24(32)29-10-2-5-17(15-29)23-27-19-8-9-26-14-20(19)28-23/h1,4,6,8-9,12,14,17,21H,2-3,5,7,10-11,13,15H2,(H,27,28)/t17?,21-/m1/s1. The minimum absolute atomic E-state index is 0.0125. The number of imidazole rings is 1. The summed E-state index contributed by atoms with van der Waals surface area (Å²) in [6.07, 6.45) is 7.26. The van der Waals surface area contributed by atoms with Crippen LogP contribution >= 0.6 is 11.6 Å². The molecule has 1 N–H and O–H groups in total. The predicted octanol–water partition coefficient (Wildman–Crippen LogP) is 3.55. The van der Waals surface area contributed by atoms with Crippen LogP contribution in [-0.4, -0.2) is 62.2 Å². The van der Waals surface area contributed by atoms with Crippen LogP contribution in [0.1, 0.15) is 43.0 Å². The number of hydrogen-bond acceptors (Lipinski definition) is 4. The van der Waals surface area contributed by atoms with E-state index in [4.69, 9.17) is 16.6 Å². The Balaban J connectivity index is 1.27. The number of aromatic nitrogens is 3. The Morgan fingerprint density at radius 1 is 1.16 bits per heavy atom. The van der Waals surface area contributed by atoms with Crippen molar-refractivity contribution in [3.05, 3.63) is 59.1 Å². The van der Waals surface area contributed by atoms with Crippen molar-refractivity contribution in [3.63, 3.8) is 0 Å². The Hall–Kier alpha value is -2.93. The highest BCUT2D eigenvalue weighted by Crippen LogP contribution is 2.29. The predicted molar refractivity (Wildman–Crippen MR) is 122 cm³/mol. The molecular weight excluding hydrogens is 426 g/mol. The summed E-state index contributed by atoms with van der Waals surface area (Å²) in [6, 6.07) is 8.87. The van der Waals surface area contributed by atoms with Gasteiger partial charge in [-0.05, 0) is 49.4 Å². The lowest BCUT2D eigenvalue weighted by atomic mass is 9.96. The average molecular weight is 452 g/mol. The van der Waals surface area contributed by atoms with E-state index in [1.807, 2.05) is 29.2 Å². The molecule has 32 heavy (non-hydrogen) atoms. The van der Waals surface area contributed by atoms with Gasteiger partial charge in [0.25, 0.3) is 0 Å². The fraction of sp³-hybridized carbons (Fsp3) is 0.417. The Labute approximate surface area is 191 Å². The monoisotopic (exact) mass is 451 g/mol. The number of aromatic amines is 1. The van der Waals surface area contributed by atoms with Crippen LogP contribution in [0, 0.1) is 0 Å². The Morgan fingerprint density at radius 3 is 2.88 bits per heavy atom. The molecule has 5 rings (SSSR count). The molecule has 8 heteroatoms. The first-order chi connectivity index (χ1) is 15.6. The van der Waals surface area contributed by atoms with E-state index < -0.39 is 0 Å². The number of fused-ring (bicyclic) bond motifs is 1. The lowest BCUT2D eigenvalue weighted by molar-refractivity contribution is -0.144. The summed E-state index contributed by atoms with van der Waals surface area (Å²) in [4.78, 5) is 42.4. The Kier molecular flexibility index (Phi) is 5.83. The highest BCUT2D eigenvalue weighted by molar-refractivity contribution is 6.30. The van der Waals surface area contributed by atoms with Crippen molar-refractivity contribution in [2.45, 2.75) is 44.1 Å². The van der Waals surface area contributed by atoms with Crippen LogP contribution < -0.4 is 0 Å². The van der Waals surface area contributed by atoms with Crippen molar-refractivity contribution in [2.75, 3.05) is 19.6 Å². The minimum atomic E-state index is -0.375. The van der Waals surface area contributed by atoms with Crippen molar-refractivity contribution < 1.29 is 9.59 Å². The fourth-order valence-corrected chi connectivity index (χ4v) is 5.14. The van der Waals surface area contributed by atoms with Gasteiger partial charge in [-0.1, -0.05) is 23.7 Å². The third-order valence-corrected chi connectivity index (χ3v) is 6.76. The van der Waals surface area contributed by atoms with Gasteiger partial charge in [0.05, 0.1) is 23.7 Å². The molecule has 2 saturated heterocycles. The van der Waals surface area contributed by atoms with E-state index in [0.717, 1.165) is 54.6 Å². The first-order valence-electron chi connectivity index (χ1n) is 11.2. The number of rotatable bonds is 4. The van der Waals surface area contributed by atoms with Crippen LogP contribution in [0.2, 0.25) is 5.02 Å². The molecule has 2 aromatic heterocycles.